The maximum Gasteiger partial charge on any atom is 0.228 e. The molecule has 0 bridgehead atoms. The molecule has 2 fully saturated rings. The Morgan fingerprint density at radius 1 is 0.853 bits per heavy atom. The average molecular weight is 461 g/mol. The van der Waals surface area contributed by atoms with Crippen LogP contribution < -0.4 is 20.9 Å². The van der Waals surface area contributed by atoms with Crippen LogP contribution in [-0.4, -0.2) is 26.0 Å². The first-order valence-electron chi connectivity index (χ1n) is 13.3. The monoisotopic (exact) mass is 460 g/mol. The maximum absolute atomic E-state index is 14.3. The lowest BCUT2D eigenvalue weighted by Crippen LogP contribution is -2.57. The van der Waals surface area contributed by atoms with Crippen molar-refractivity contribution in [1.29, 1.82) is 0 Å². The topological polar surface area (TPSA) is 56.4 Å². The van der Waals surface area contributed by atoms with Crippen molar-refractivity contribution in [2.24, 2.45) is 11.8 Å². The Balaban J connectivity index is 1.61. The average Bonchev–Trinajstić information content (AvgIpc) is 3.25. The van der Waals surface area contributed by atoms with Gasteiger partial charge in [-0.05, 0) is 49.8 Å². The Kier molecular flexibility index (Phi) is 6.71. The van der Waals surface area contributed by atoms with Gasteiger partial charge in [0.15, 0.2) is 0 Å². The van der Waals surface area contributed by atoms with Crippen molar-refractivity contribution in [3.8, 4) is 0 Å². The summed E-state index contributed by atoms with van der Waals surface area (Å²) in [6.45, 7) is 0. The third kappa shape index (κ3) is 4.37. The zero-order chi connectivity index (χ0) is 23.5. The maximum atomic E-state index is 14.3. The lowest BCUT2D eigenvalue weighted by atomic mass is 9.70. The molecule has 2 saturated carbocycles. The SMILES string of the molecule is CN(C)c1ccccc1C1(C(C(=O)NC2CCCCC2)C2CCCCC2)Nc2ccccc2N1. The number of rotatable bonds is 6. The van der Waals surface area contributed by atoms with E-state index >= 15 is 0 Å². The first-order chi connectivity index (χ1) is 16.6. The van der Waals surface area contributed by atoms with E-state index in [0.717, 1.165) is 48.3 Å². The second kappa shape index (κ2) is 9.89. The minimum atomic E-state index is -0.689. The fourth-order valence-corrected chi connectivity index (χ4v) is 6.58. The number of fused-ring (bicyclic) bond motifs is 1. The largest absolute Gasteiger partial charge is 0.377 e. The van der Waals surface area contributed by atoms with Crippen LogP contribution in [0.4, 0.5) is 17.1 Å². The molecule has 3 N–H and O–H groups in total. The van der Waals surface area contributed by atoms with Gasteiger partial charge < -0.3 is 20.9 Å². The molecule has 3 aliphatic rings. The van der Waals surface area contributed by atoms with Gasteiger partial charge in [-0.25, -0.2) is 0 Å². The van der Waals surface area contributed by atoms with Crippen LogP contribution in [0, 0.1) is 11.8 Å². The highest BCUT2D eigenvalue weighted by Crippen LogP contribution is 2.50. The van der Waals surface area contributed by atoms with Crippen LogP contribution in [0.2, 0.25) is 0 Å². The predicted molar refractivity (Wildman–Crippen MR) is 141 cm³/mol. The second-order valence-corrected chi connectivity index (χ2v) is 10.7. The molecule has 2 aliphatic carbocycles. The van der Waals surface area contributed by atoms with E-state index in [9.17, 15) is 4.79 Å². The Bertz CT molecular complexity index is 966. The normalized spacial score (nSPS) is 21.1. The fourth-order valence-electron chi connectivity index (χ4n) is 6.58. The minimum absolute atomic E-state index is 0.205. The molecule has 1 unspecified atom stereocenters. The molecule has 0 spiro atoms. The summed E-state index contributed by atoms with van der Waals surface area (Å²) in [6.07, 6.45) is 11.8. The number of carbonyl (C=O) groups excluding carboxylic acids is 1. The third-order valence-electron chi connectivity index (χ3n) is 8.22. The molecule has 2 aromatic carbocycles. The lowest BCUT2D eigenvalue weighted by Gasteiger charge is -2.45. The molecule has 182 valence electrons. The zero-order valence-electron chi connectivity index (χ0n) is 20.8. The molecule has 34 heavy (non-hydrogen) atoms. The summed E-state index contributed by atoms with van der Waals surface area (Å²) >= 11 is 0. The van der Waals surface area contributed by atoms with Gasteiger partial charge in [-0.3, -0.25) is 4.79 Å². The molecule has 5 rings (SSSR count). The third-order valence-corrected chi connectivity index (χ3v) is 8.22. The fraction of sp³-hybridized carbons (Fsp3) is 0.552. The smallest absolute Gasteiger partial charge is 0.228 e. The van der Waals surface area contributed by atoms with Crippen LogP contribution in [0.15, 0.2) is 48.5 Å². The highest BCUT2D eigenvalue weighted by atomic mass is 16.2. The van der Waals surface area contributed by atoms with E-state index in [1.165, 1.54) is 38.5 Å². The van der Waals surface area contributed by atoms with Crippen LogP contribution in [-0.2, 0) is 10.5 Å². The Morgan fingerprint density at radius 3 is 2.03 bits per heavy atom. The number of benzene rings is 2. The zero-order valence-corrected chi connectivity index (χ0v) is 20.8. The molecule has 2 aromatic rings. The lowest BCUT2D eigenvalue weighted by molar-refractivity contribution is -0.130. The summed E-state index contributed by atoms with van der Waals surface area (Å²) in [5, 5.41) is 11.3. The van der Waals surface area contributed by atoms with Gasteiger partial charge >= 0.3 is 0 Å². The van der Waals surface area contributed by atoms with Crippen molar-refractivity contribution in [3.05, 3.63) is 54.1 Å². The minimum Gasteiger partial charge on any atom is -0.377 e. The molecule has 1 aliphatic heterocycles. The Hall–Kier alpha value is -2.69. The molecule has 5 heteroatoms. The summed E-state index contributed by atoms with van der Waals surface area (Å²) in [6, 6.07) is 17.2. The molecule has 0 aromatic heterocycles. The molecule has 1 heterocycles. The van der Waals surface area contributed by atoms with Crippen LogP contribution >= 0.6 is 0 Å². The van der Waals surface area contributed by atoms with E-state index in [1.54, 1.807) is 0 Å². The van der Waals surface area contributed by atoms with E-state index < -0.39 is 5.66 Å². The number of nitrogens with zero attached hydrogens (tertiary/aromatic N) is 1. The van der Waals surface area contributed by atoms with Crippen molar-refractivity contribution in [1.82, 2.24) is 5.32 Å². The molecule has 1 atom stereocenters. The second-order valence-electron chi connectivity index (χ2n) is 10.7. The van der Waals surface area contributed by atoms with Crippen LogP contribution in [0.1, 0.15) is 69.8 Å². The van der Waals surface area contributed by atoms with Gasteiger partial charge in [0.2, 0.25) is 5.91 Å². The van der Waals surface area contributed by atoms with Gasteiger partial charge in [-0.1, -0.05) is 68.9 Å². The first kappa shape index (κ1) is 23.1. The predicted octanol–water partition coefficient (Wildman–Crippen LogP) is 6.09. The van der Waals surface area contributed by atoms with Crippen molar-refractivity contribution in [3.63, 3.8) is 0 Å². The summed E-state index contributed by atoms with van der Waals surface area (Å²) in [5.74, 6) is 0.338. The summed E-state index contributed by atoms with van der Waals surface area (Å²) in [4.78, 5) is 16.5. The Labute approximate surface area is 204 Å². The van der Waals surface area contributed by atoms with Crippen LogP contribution in [0.5, 0.6) is 0 Å². The number of hydrogen-bond acceptors (Lipinski definition) is 4. The highest BCUT2D eigenvalue weighted by molar-refractivity contribution is 5.87. The van der Waals surface area contributed by atoms with Gasteiger partial charge in [0, 0.05) is 31.4 Å². The van der Waals surface area contributed by atoms with Crippen molar-refractivity contribution >= 4 is 23.0 Å². The number of carbonyl (C=O) groups is 1. The van der Waals surface area contributed by atoms with E-state index in [-0.39, 0.29) is 11.8 Å². The van der Waals surface area contributed by atoms with Crippen molar-refractivity contribution < 1.29 is 4.79 Å². The number of para-hydroxylation sites is 3. The van der Waals surface area contributed by atoms with Crippen LogP contribution in [0.3, 0.4) is 0 Å². The quantitative estimate of drug-likeness (QED) is 0.488. The molecule has 0 saturated heterocycles. The molecule has 5 nitrogen and oxygen atoms in total. The van der Waals surface area contributed by atoms with Gasteiger partial charge in [-0.15, -0.1) is 0 Å². The Morgan fingerprint density at radius 2 is 1.41 bits per heavy atom. The van der Waals surface area contributed by atoms with Crippen LogP contribution in [0.25, 0.3) is 0 Å². The molecular weight excluding hydrogens is 420 g/mol. The summed E-state index contributed by atoms with van der Waals surface area (Å²) < 4.78 is 0. The van der Waals surface area contributed by atoms with Gasteiger partial charge in [-0.2, -0.15) is 0 Å². The highest BCUT2D eigenvalue weighted by Gasteiger charge is 2.53. The first-order valence-corrected chi connectivity index (χ1v) is 13.3. The molecule has 1 amide bonds. The molecular formula is C29H40N4O. The van der Waals surface area contributed by atoms with Crippen molar-refractivity contribution in [2.75, 3.05) is 29.6 Å². The number of nitrogens with one attached hydrogen (secondary N) is 3. The van der Waals surface area contributed by atoms with E-state index in [4.69, 9.17) is 0 Å². The van der Waals surface area contributed by atoms with E-state index in [0.29, 0.717) is 12.0 Å². The van der Waals surface area contributed by atoms with E-state index in [1.807, 2.05) is 0 Å². The van der Waals surface area contributed by atoms with Gasteiger partial charge in [0.1, 0.15) is 5.66 Å². The van der Waals surface area contributed by atoms with Crippen molar-refractivity contribution in [2.45, 2.75) is 75.9 Å². The number of amides is 1. The summed E-state index contributed by atoms with van der Waals surface area (Å²) in [7, 11) is 4.18. The van der Waals surface area contributed by atoms with Gasteiger partial charge in [0.25, 0.3) is 0 Å². The number of hydrogen-bond donors (Lipinski definition) is 3. The van der Waals surface area contributed by atoms with E-state index in [2.05, 4.69) is 83.5 Å². The summed E-state index contributed by atoms with van der Waals surface area (Å²) in [5.41, 5.74) is 3.74. The molecule has 0 radical (unpaired) electrons. The number of anilines is 3. The standard InChI is InChI=1S/C29H40N4O/c1-33(2)26-20-12-9-17-23(26)29(31-24-18-10-11-19-25(24)32-29)27(21-13-5-3-6-14-21)28(34)30-22-15-7-4-8-16-22/h9-12,17-22,27,31-32H,3-8,13-16H2,1-2H3,(H,30,34). The van der Waals surface area contributed by atoms with Gasteiger partial charge in [0.05, 0.1) is 17.3 Å².